The number of nitriles is 1. The SMILES string of the molecule is CNC(=O)C(C)CN(C)C(=O)C1(C#N)CCCCC1. The van der Waals surface area contributed by atoms with E-state index in [0.29, 0.717) is 19.4 Å². The molecule has 0 aliphatic heterocycles. The van der Waals surface area contributed by atoms with E-state index in [4.69, 9.17) is 0 Å². The zero-order valence-electron chi connectivity index (χ0n) is 12.0. The summed E-state index contributed by atoms with van der Waals surface area (Å²) < 4.78 is 0. The molecular formula is C14H23N3O2. The van der Waals surface area contributed by atoms with Crippen LogP contribution in [0.1, 0.15) is 39.0 Å². The van der Waals surface area contributed by atoms with Crippen LogP contribution in [0.2, 0.25) is 0 Å². The summed E-state index contributed by atoms with van der Waals surface area (Å²) in [6.45, 7) is 2.13. The van der Waals surface area contributed by atoms with Crippen molar-refractivity contribution < 1.29 is 9.59 Å². The first-order valence-electron chi connectivity index (χ1n) is 6.85. The summed E-state index contributed by atoms with van der Waals surface area (Å²) in [6, 6.07) is 2.22. The molecule has 5 nitrogen and oxygen atoms in total. The third-order valence-electron chi connectivity index (χ3n) is 3.92. The van der Waals surface area contributed by atoms with Gasteiger partial charge in [0.25, 0.3) is 0 Å². The second-order valence-corrected chi connectivity index (χ2v) is 5.46. The predicted molar refractivity (Wildman–Crippen MR) is 72.0 cm³/mol. The van der Waals surface area contributed by atoms with E-state index in [-0.39, 0.29) is 17.7 Å². The Morgan fingerprint density at radius 1 is 1.37 bits per heavy atom. The molecule has 0 spiro atoms. The minimum atomic E-state index is -0.866. The maximum atomic E-state index is 12.5. The summed E-state index contributed by atoms with van der Waals surface area (Å²) in [5.74, 6) is -0.488. The third kappa shape index (κ3) is 3.46. The van der Waals surface area contributed by atoms with Gasteiger partial charge in [-0.05, 0) is 12.8 Å². The number of hydrogen-bond acceptors (Lipinski definition) is 3. The molecule has 5 heteroatoms. The summed E-state index contributed by atoms with van der Waals surface area (Å²) in [5, 5.41) is 11.9. The lowest BCUT2D eigenvalue weighted by Gasteiger charge is -2.33. The van der Waals surface area contributed by atoms with Gasteiger partial charge in [-0.2, -0.15) is 5.26 Å². The number of nitrogens with zero attached hydrogens (tertiary/aromatic N) is 2. The molecule has 0 aromatic carbocycles. The maximum Gasteiger partial charge on any atom is 0.242 e. The molecule has 1 aliphatic rings. The van der Waals surface area contributed by atoms with E-state index in [2.05, 4.69) is 11.4 Å². The lowest BCUT2D eigenvalue weighted by atomic mass is 9.74. The quantitative estimate of drug-likeness (QED) is 0.832. The van der Waals surface area contributed by atoms with Gasteiger partial charge in [-0.1, -0.05) is 26.2 Å². The Labute approximate surface area is 115 Å². The van der Waals surface area contributed by atoms with E-state index in [9.17, 15) is 14.9 Å². The average Bonchev–Trinajstić information content (AvgIpc) is 2.45. The van der Waals surface area contributed by atoms with Crippen LogP contribution in [0.4, 0.5) is 0 Å². The fourth-order valence-corrected chi connectivity index (χ4v) is 2.72. The molecular weight excluding hydrogens is 242 g/mol. The highest BCUT2D eigenvalue weighted by Crippen LogP contribution is 2.37. The number of rotatable bonds is 4. The minimum absolute atomic E-state index is 0.0886. The molecule has 0 bridgehead atoms. The molecule has 0 heterocycles. The highest BCUT2D eigenvalue weighted by molar-refractivity contribution is 5.86. The standard InChI is InChI=1S/C14H23N3O2/c1-11(12(18)16-2)9-17(3)13(19)14(10-15)7-5-4-6-8-14/h11H,4-9H2,1-3H3,(H,16,18). The van der Waals surface area contributed by atoms with Crippen molar-refractivity contribution >= 4 is 11.8 Å². The average molecular weight is 265 g/mol. The molecule has 0 aromatic heterocycles. The third-order valence-corrected chi connectivity index (χ3v) is 3.92. The summed E-state index contributed by atoms with van der Waals surface area (Å²) in [7, 11) is 3.26. The molecule has 1 rings (SSSR count). The second-order valence-electron chi connectivity index (χ2n) is 5.46. The Kier molecular flexibility index (Phi) is 5.34. The summed E-state index contributed by atoms with van der Waals surface area (Å²) in [4.78, 5) is 25.5. The van der Waals surface area contributed by atoms with Gasteiger partial charge in [0.2, 0.25) is 11.8 Å². The van der Waals surface area contributed by atoms with Gasteiger partial charge in [0.15, 0.2) is 0 Å². The van der Waals surface area contributed by atoms with Crippen LogP contribution in [0.5, 0.6) is 0 Å². The Hall–Kier alpha value is -1.57. The zero-order chi connectivity index (χ0) is 14.5. The summed E-state index contributed by atoms with van der Waals surface area (Å²) >= 11 is 0. The number of carbonyl (C=O) groups is 2. The van der Waals surface area contributed by atoms with Crippen LogP contribution in [-0.2, 0) is 9.59 Å². The van der Waals surface area contributed by atoms with E-state index in [1.807, 2.05) is 0 Å². The highest BCUT2D eigenvalue weighted by Gasteiger charge is 2.41. The van der Waals surface area contributed by atoms with E-state index in [0.717, 1.165) is 19.3 Å². The van der Waals surface area contributed by atoms with Crippen LogP contribution in [0.25, 0.3) is 0 Å². The molecule has 1 aliphatic carbocycles. The van der Waals surface area contributed by atoms with Gasteiger partial charge >= 0.3 is 0 Å². The number of amides is 2. The Morgan fingerprint density at radius 2 is 1.95 bits per heavy atom. The predicted octanol–water partition coefficient (Wildman–Crippen LogP) is 1.30. The fourth-order valence-electron chi connectivity index (χ4n) is 2.72. The fraction of sp³-hybridized carbons (Fsp3) is 0.786. The number of nitrogens with one attached hydrogen (secondary N) is 1. The Balaban J connectivity index is 2.70. The lowest BCUT2D eigenvalue weighted by Crippen LogP contribution is -2.45. The van der Waals surface area contributed by atoms with Crippen LogP contribution in [0.3, 0.4) is 0 Å². The Morgan fingerprint density at radius 3 is 2.42 bits per heavy atom. The van der Waals surface area contributed by atoms with Gasteiger partial charge in [-0.25, -0.2) is 0 Å². The first-order valence-corrected chi connectivity index (χ1v) is 6.85. The molecule has 2 amide bonds. The molecule has 1 N–H and O–H groups in total. The van der Waals surface area contributed by atoms with Crippen molar-refractivity contribution in [2.45, 2.75) is 39.0 Å². The van der Waals surface area contributed by atoms with Gasteiger partial charge < -0.3 is 10.2 Å². The second kappa shape index (κ2) is 6.55. The van der Waals surface area contributed by atoms with Gasteiger partial charge in [0, 0.05) is 20.6 Å². The molecule has 106 valence electrons. The number of hydrogen-bond donors (Lipinski definition) is 1. The first-order chi connectivity index (χ1) is 8.96. The molecule has 0 aromatic rings. The van der Waals surface area contributed by atoms with Gasteiger partial charge in [0.05, 0.1) is 12.0 Å². The molecule has 0 saturated heterocycles. The normalized spacial score (nSPS) is 19.1. The smallest absolute Gasteiger partial charge is 0.242 e. The summed E-state index contributed by atoms with van der Waals surface area (Å²) in [5.41, 5.74) is -0.866. The molecule has 1 saturated carbocycles. The molecule has 1 fully saturated rings. The maximum absolute atomic E-state index is 12.5. The lowest BCUT2D eigenvalue weighted by molar-refractivity contribution is -0.140. The molecule has 19 heavy (non-hydrogen) atoms. The van der Waals surface area contributed by atoms with Crippen molar-refractivity contribution in [2.24, 2.45) is 11.3 Å². The highest BCUT2D eigenvalue weighted by atomic mass is 16.2. The van der Waals surface area contributed by atoms with Crippen molar-refractivity contribution in [3.63, 3.8) is 0 Å². The first kappa shape index (κ1) is 15.5. The Bertz CT molecular complexity index is 381. The van der Waals surface area contributed by atoms with Crippen molar-refractivity contribution in [3.8, 4) is 6.07 Å². The zero-order valence-corrected chi connectivity index (χ0v) is 12.0. The van der Waals surface area contributed by atoms with E-state index < -0.39 is 5.41 Å². The van der Waals surface area contributed by atoms with Gasteiger partial charge in [0.1, 0.15) is 5.41 Å². The van der Waals surface area contributed by atoms with Crippen molar-refractivity contribution in [3.05, 3.63) is 0 Å². The van der Waals surface area contributed by atoms with E-state index in [1.165, 1.54) is 4.90 Å². The molecule has 1 atom stereocenters. The largest absolute Gasteiger partial charge is 0.359 e. The van der Waals surface area contributed by atoms with Crippen LogP contribution in [0.15, 0.2) is 0 Å². The van der Waals surface area contributed by atoms with Crippen LogP contribution in [-0.4, -0.2) is 37.4 Å². The molecule has 1 unspecified atom stereocenters. The van der Waals surface area contributed by atoms with Crippen LogP contribution in [0, 0.1) is 22.7 Å². The van der Waals surface area contributed by atoms with Crippen molar-refractivity contribution in [1.82, 2.24) is 10.2 Å². The monoisotopic (exact) mass is 265 g/mol. The summed E-state index contributed by atoms with van der Waals surface area (Å²) in [6.07, 6.45) is 4.23. The van der Waals surface area contributed by atoms with E-state index >= 15 is 0 Å². The van der Waals surface area contributed by atoms with Crippen molar-refractivity contribution in [1.29, 1.82) is 5.26 Å². The van der Waals surface area contributed by atoms with Crippen LogP contribution < -0.4 is 5.32 Å². The van der Waals surface area contributed by atoms with Gasteiger partial charge in [-0.3, -0.25) is 9.59 Å². The molecule has 0 radical (unpaired) electrons. The van der Waals surface area contributed by atoms with Crippen molar-refractivity contribution in [2.75, 3.05) is 20.6 Å². The topological polar surface area (TPSA) is 73.2 Å². The minimum Gasteiger partial charge on any atom is -0.359 e. The van der Waals surface area contributed by atoms with Crippen LogP contribution >= 0.6 is 0 Å². The van der Waals surface area contributed by atoms with Gasteiger partial charge in [-0.15, -0.1) is 0 Å². The number of carbonyl (C=O) groups excluding carboxylic acids is 2. The van der Waals surface area contributed by atoms with E-state index in [1.54, 1.807) is 21.0 Å².